The standard InChI is InChI=1S/C19H19NO5S2/c1-12-9-16(24-3)18(10-13(12)2)27(22,23)20-11-14-6-7-17(26-14)19(21)15-5-4-8-25-15/h4-10,20H,11H2,1-3H3. The maximum atomic E-state index is 12.7. The van der Waals surface area contributed by atoms with Crippen molar-refractivity contribution in [3.63, 3.8) is 0 Å². The molecule has 1 N–H and O–H groups in total. The van der Waals surface area contributed by atoms with Crippen LogP contribution in [0.4, 0.5) is 0 Å². The van der Waals surface area contributed by atoms with E-state index in [0.29, 0.717) is 10.6 Å². The zero-order chi connectivity index (χ0) is 19.6. The largest absolute Gasteiger partial charge is 0.495 e. The molecule has 3 rings (SSSR count). The smallest absolute Gasteiger partial charge is 0.244 e. The van der Waals surface area contributed by atoms with Gasteiger partial charge in [-0.05, 0) is 61.4 Å². The van der Waals surface area contributed by atoms with Crippen LogP contribution in [0.5, 0.6) is 5.75 Å². The first-order valence-electron chi connectivity index (χ1n) is 8.13. The number of rotatable bonds is 7. The van der Waals surface area contributed by atoms with Crippen LogP contribution in [-0.4, -0.2) is 21.3 Å². The lowest BCUT2D eigenvalue weighted by atomic mass is 10.1. The fourth-order valence-corrected chi connectivity index (χ4v) is 4.72. The molecule has 27 heavy (non-hydrogen) atoms. The summed E-state index contributed by atoms with van der Waals surface area (Å²) in [5.41, 5.74) is 1.81. The first kappa shape index (κ1) is 19.3. The van der Waals surface area contributed by atoms with Gasteiger partial charge in [-0.2, -0.15) is 0 Å². The molecule has 0 amide bonds. The predicted molar refractivity (Wildman–Crippen MR) is 103 cm³/mol. The van der Waals surface area contributed by atoms with Gasteiger partial charge in [-0.15, -0.1) is 11.3 Å². The molecule has 2 aromatic heterocycles. The number of ketones is 1. The number of nitrogens with one attached hydrogen (secondary N) is 1. The molecule has 142 valence electrons. The third-order valence-electron chi connectivity index (χ3n) is 4.14. The van der Waals surface area contributed by atoms with E-state index in [1.165, 1.54) is 24.7 Å². The third kappa shape index (κ3) is 4.13. The van der Waals surface area contributed by atoms with Crippen molar-refractivity contribution in [1.82, 2.24) is 4.72 Å². The van der Waals surface area contributed by atoms with Gasteiger partial charge in [0.25, 0.3) is 0 Å². The van der Waals surface area contributed by atoms with E-state index in [-0.39, 0.29) is 23.0 Å². The maximum Gasteiger partial charge on any atom is 0.244 e. The second-order valence-corrected chi connectivity index (χ2v) is 8.89. The molecular weight excluding hydrogens is 386 g/mol. The van der Waals surface area contributed by atoms with Crippen molar-refractivity contribution in [2.24, 2.45) is 0 Å². The Labute approximate surface area is 161 Å². The fraction of sp³-hybridized carbons (Fsp3) is 0.211. The van der Waals surface area contributed by atoms with Crippen LogP contribution in [0, 0.1) is 13.8 Å². The molecule has 0 aliphatic heterocycles. The molecule has 0 bridgehead atoms. The summed E-state index contributed by atoms with van der Waals surface area (Å²) in [6.07, 6.45) is 1.44. The second-order valence-electron chi connectivity index (χ2n) is 5.98. The SMILES string of the molecule is COc1cc(C)c(C)cc1S(=O)(=O)NCc1ccc(C(=O)c2ccco2)s1. The molecule has 0 fully saturated rings. The topological polar surface area (TPSA) is 85.6 Å². The quantitative estimate of drug-likeness (QED) is 0.606. The summed E-state index contributed by atoms with van der Waals surface area (Å²) in [4.78, 5) is 13.6. The third-order valence-corrected chi connectivity index (χ3v) is 6.64. The number of hydrogen-bond acceptors (Lipinski definition) is 6. The Morgan fingerprint density at radius 3 is 2.59 bits per heavy atom. The number of methoxy groups -OCH3 is 1. The molecule has 0 aliphatic carbocycles. The van der Waals surface area contributed by atoms with Gasteiger partial charge in [0, 0.05) is 11.4 Å². The van der Waals surface area contributed by atoms with Gasteiger partial charge in [0.05, 0.1) is 18.3 Å². The number of furan rings is 1. The number of benzene rings is 1. The van der Waals surface area contributed by atoms with Crippen LogP contribution in [0.2, 0.25) is 0 Å². The summed E-state index contributed by atoms with van der Waals surface area (Å²) >= 11 is 1.22. The molecule has 0 saturated carbocycles. The number of aryl methyl sites for hydroxylation is 2. The second kappa shape index (κ2) is 7.67. The summed E-state index contributed by atoms with van der Waals surface area (Å²) in [5, 5.41) is 0. The molecule has 0 aliphatic rings. The summed E-state index contributed by atoms with van der Waals surface area (Å²) in [6, 6.07) is 9.92. The fourth-order valence-electron chi connectivity index (χ4n) is 2.50. The molecule has 0 saturated heterocycles. The van der Waals surface area contributed by atoms with Gasteiger partial charge in [0.1, 0.15) is 10.6 Å². The summed E-state index contributed by atoms with van der Waals surface area (Å²) in [7, 11) is -2.33. The lowest BCUT2D eigenvalue weighted by Gasteiger charge is -2.13. The Bertz CT molecular complexity index is 1070. The lowest BCUT2D eigenvalue weighted by Crippen LogP contribution is -2.23. The minimum atomic E-state index is -3.77. The van der Waals surface area contributed by atoms with E-state index in [1.807, 2.05) is 13.8 Å². The highest BCUT2D eigenvalue weighted by Crippen LogP contribution is 2.28. The molecule has 1 aromatic carbocycles. The number of sulfonamides is 1. The van der Waals surface area contributed by atoms with Crippen LogP contribution in [0.15, 0.2) is 52.0 Å². The van der Waals surface area contributed by atoms with Gasteiger partial charge in [0.2, 0.25) is 15.8 Å². The van der Waals surface area contributed by atoms with Crippen LogP contribution >= 0.6 is 11.3 Å². The van der Waals surface area contributed by atoms with Crippen molar-refractivity contribution in [2.45, 2.75) is 25.3 Å². The van der Waals surface area contributed by atoms with Crippen molar-refractivity contribution < 1.29 is 22.4 Å². The van der Waals surface area contributed by atoms with Crippen molar-refractivity contribution in [3.8, 4) is 5.75 Å². The summed E-state index contributed by atoms with van der Waals surface area (Å²) in [5.74, 6) is 0.323. The Morgan fingerprint density at radius 2 is 1.93 bits per heavy atom. The number of ether oxygens (including phenoxy) is 1. The minimum Gasteiger partial charge on any atom is -0.495 e. The molecule has 2 heterocycles. The highest BCUT2D eigenvalue weighted by Gasteiger charge is 2.21. The van der Waals surface area contributed by atoms with Gasteiger partial charge >= 0.3 is 0 Å². The summed E-state index contributed by atoms with van der Waals surface area (Å²) < 4.78 is 38.3. The highest BCUT2D eigenvalue weighted by atomic mass is 32.2. The molecule has 8 heteroatoms. The van der Waals surface area contributed by atoms with Crippen LogP contribution < -0.4 is 9.46 Å². The van der Waals surface area contributed by atoms with Gasteiger partial charge < -0.3 is 9.15 Å². The van der Waals surface area contributed by atoms with Crippen LogP contribution in [-0.2, 0) is 16.6 Å². The normalized spacial score (nSPS) is 11.5. The van der Waals surface area contributed by atoms with Crippen molar-refractivity contribution in [1.29, 1.82) is 0 Å². The number of carbonyl (C=O) groups is 1. The van der Waals surface area contributed by atoms with E-state index in [9.17, 15) is 13.2 Å². The molecule has 0 unspecified atom stereocenters. The monoisotopic (exact) mass is 405 g/mol. The minimum absolute atomic E-state index is 0.0779. The molecule has 0 spiro atoms. The van der Waals surface area contributed by atoms with Crippen LogP contribution in [0.25, 0.3) is 0 Å². The first-order valence-corrected chi connectivity index (χ1v) is 10.4. The van der Waals surface area contributed by atoms with E-state index < -0.39 is 10.0 Å². The first-order chi connectivity index (χ1) is 12.8. The zero-order valence-corrected chi connectivity index (χ0v) is 16.7. The average Bonchev–Trinajstić information content (AvgIpc) is 3.33. The molecule has 0 atom stereocenters. The van der Waals surface area contributed by atoms with E-state index in [1.54, 1.807) is 36.4 Å². The maximum absolute atomic E-state index is 12.7. The number of carbonyl (C=O) groups excluding carboxylic acids is 1. The predicted octanol–water partition coefficient (Wildman–Crippen LogP) is 3.68. The summed E-state index contributed by atoms with van der Waals surface area (Å²) in [6.45, 7) is 3.82. The van der Waals surface area contributed by atoms with Crippen LogP contribution in [0.3, 0.4) is 0 Å². The van der Waals surface area contributed by atoms with Crippen molar-refractivity contribution in [3.05, 3.63) is 69.3 Å². The zero-order valence-electron chi connectivity index (χ0n) is 15.1. The van der Waals surface area contributed by atoms with E-state index in [0.717, 1.165) is 16.0 Å². The van der Waals surface area contributed by atoms with E-state index in [4.69, 9.17) is 9.15 Å². The Morgan fingerprint density at radius 1 is 1.19 bits per heavy atom. The van der Waals surface area contributed by atoms with Crippen molar-refractivity contribution in [2.75, 3.05) is 7.11 Å². The van der Waals surface area contributed by atoms with E-state index in [2.05, 4.69) is 4.72 Å². The van der Waals surface area contributed by atoms with E-state index >= 15 is 0 Å². The van der Waals surface area contributed by atoms with Gasteiger partial charge in [-0.3, -0.25) is 4.79 Å². The molecular formula is C19H19NO5S2. The molecule has 3 aromatic rings. The van der Waals surface area contributed by atoms with Gasteiger partial charge in [-0.25, -0.2) is 13.1 Å². The average molecular weight is 405 g/mol. The number of hydrogen-bond donors (Lipinski definition) is 1. The Hall–Kier alpha value is -2.42. The lowest BCUT2D eigenvalue weighted by molar-refractivity contribution is 0.101. The highest BCUT2D eigenvalue weighted by molar-refractivity contribution is 7.89. The van der Waals surface area contributed by atoms with Crippen molar-refractivity contribution >= 4 is 27.1 Å². The Kier molecular flexibility index (Phi) is 5.50. The Balaban J connectivity index is 1.77. The molecule has 0 radical (unpaired) electrons. The van der Waals surface area contributed by atoms with Crippen LogP contribution in [0.1, 0.15) is 31.4 Å². The van der Waals surface area contributed by atoms with Gasteiger partial charge in [0.15, 0.2) is 5.76 Å². The van der Waals surface area contributed by atoms with Gasteiger partial charge in [-0.1, -0.05) is 0 Å². The molecule has 6 nitrogen and oxygen atoms in total. The number of thiophene rings is 1.